The molecule has 5 heteroatoms. The van der Waals surface area contributed by atoms with Crippen molar-refractivity contribution in [3.8, 4) is 0 Å². The SMILES string of the molecule is CCC(CC)(CC)C(O[Si](C)(C)C)=[Si]([Si](C)(C)C)[Si](C)(C)C. The van der Waals surface area contributed by atoms with Crippen LogP contribution >= 0.6 is 0 Å². The molecule has 0 aliphatic carbocycles. The molecular formula is C17H42OSi4. The summed E-state index contributed by atoms with van der Waals surface area (Å²) in [4.78, 5) is 0. The molecule has 22 heavy (non-hydrogen) atoms. The second-order valence-corrected chi connectivity index (χ2v) is 37.9. The van der Waals surface area contributed by atoms with Gasteiger partial charge >= 0.3 is 0 Å². The molecule has 0 radical (unpaired) electrons. The van der Waals surface area contributed by atoms with Gasteiger partial charge in [-0.1, -0.05) is 60.1 Å². The van der Waals surface area contributed by atoms with Crippen LogP contribution in [0.25, 0.3) is 0 Å². The highest BCUT2D eigenvalue weighted by atomic mass is 29.6. The first kappa shape index (κ1) is 22.5. The lowest BCUT2D eigenvalue weighted by Gasteiger charge is -2.44. The molecule has 0 fully saturated rings. The van der Waals surface area contributed by atoms with Crippen LogP contribution < -0.4 is 0 Å². The van der Waals surface area contributed by atoms with E-state index in [2.05, 4.69) is 79.7 Å². The van der Waals surface area contributed by atoms with Crippen molar-refractivity contribution in [2.75, 3.05) is 0 Å². The zero-order valence-electron chi connectivity index (χ0n) is 17.5. The fourth-order valence-electron chi connectivity index (χ4n) is 3.77. The minimum Gasteiger partial charge on any atom is -0.552 e. The standard InChI is InChI=1S/C17H42OSi4/c1-13-17(14-2,15-3)16(18-20(4,5)6)19(21(7,8)9)22(10,11)12/h13-15H2,1-12H3. The van der Waals surface area contributed by atoms with Gasteiger partial charge in [0.05, 0.1) is 15.2 Å². The molecule has 0 aliphatic heterocycles. The van der Waals surface area contributed by atoms with Crippen molar-refractivity contribution in [1.29, 1.82) is 0 Å². The predicted octanol–water partition coefficient (Wildman–Crippen LogP) is 6.09. The lowest BCUT2D eigenvalue weighted by Crippen LogP contribution is -2.60. The van der Waals surface area contributed by atoms with Gasteiger partial charge in [-0.05, 0) is 38.9 Å². The van der Waals surface area contributed by atoms with Crippen molar-refractivity contribution in [2.45, 2.75) is 99.0 Å². The molecule has 0 amide bonds. The predicted molar refractivity (Wildman–Crippen MR) is 115 cm³/mol. The monoisotopic (exact) mass is 374 g/mol. The van der Waals surface area contributed by atoms with Crippen LogP contribution in [-0.2, 0) is 4.43 Å². The molecule has 0 unspecified atom stereocenters. The van der Waals surface area contributed by atoms with E-state index in [-0.39, 0.29) is 0 Å². The highest BCUT2D eigenvalue weighted by molar-refractivity contribution is 7.60. The molecule has 0 aromatic heterocycles. The summed E-state index contributed by atoms with van der Waals surface area (Å²) in [6, 6.07) is 0. The average molecular weight is 375 g/mol. The third kappa shape index (κ3) is 5.87. The number of hydrogen-bond acceptors (Lipinski definition) is 1. The zero-order chi connectivity index (χ0) is 18.0. The highest BCUT2D eigenvalue weighted by Gasteiger charge is 2.43. The van der Waals surface area contributed by atoms with Gasteiger partial charge in [0.1, 0.15) is 0 Å². The maximum absolute atomic E-state index is 6.96. The first-order chi connectivity index (χ1) is 9.64. The van der Waals surface area contributed by atoms with Crippen LogP contribution in [0, 0.1) is 5.41 Å². The third-order valence-electron chi connectivity index (χ3n) is 4.65. The van der Waals surface area contributed by atoms with Crippen LogP contribution in [0.4, 0.5) is 0 Å². The maximum atomic E-state index is 6.96. The molecule has 0 aromatic carbocycles. The molecule has 0 aromatic rings. The van der Waals surface area contributed by atoms with Gasteiger partial charge in [0, 0.05) is 18.2 Å². The van der Waals surface area contributed by atoms with E-state index in [0.29, 0.717) is 5.41 Å². The van der Waals surface area contributed by atoms with Crippen molar-refractivity contribution in [2.24, 2.45) is 5.41 Å². The minimum atomic E-state index is -1.57. The fourth-order valence-corrected chi connectivity index (χ4v) is 44.2. The van der Waals surface area contributed by atoms with Gasteiger partial charge in [0.25, 0.3) is 0 Å². The van der Waals surface area contributed by atoms with E-state index in [1.165, 1.54) is 19.3 Å². The van der Waals surface area contributed by atoms with E-state index in [0.717, 1.165) is 0 Å². The molecule has 0 saturated carbocycles. The first-order valence-corrected chi connectivity index (χ1v) is 23.0. The normalized spacial score (nSPS) is 14.0. The summed E-state index contributed by atoms with van der Waals surface area (Å²) in [5.41, 5.74) is 0.329. The van der Waals surface area contributed by atoms with Crippen molar-refractivity contribution >= 4 is 36.3 Å². The molecular weight excluding hydrogens is 333 g/mol. The quantitative estimate of drug-likeness (QED) is 0.467. The van der Waals surface area contributed by atoms with Gasteiger partial charge in [-0.3, -0.25) is 0 Å². The fraction of sp³-hybridized carbons (Fsp3) is 0.941. The maximum Gasteiger partial charge on any atom is 0.241 e. The summed E-state index contributed by atoms with van der Waals surface area (Å²) >= 11 is 0. The topological polar surface area (TPSA) is 9.23 Å². The second kappa shape index (κ2) is 7.62. The van der Waals surface area contributed by atoms with Gasteiger partial charge in [-0.25, -0.2) is 0 Å². The smallest absolute Gasteiger partial charge is 0.241 e. The molecule has 0 spiro atoms. The first-order valence-electron chi connectivity index (χ1n) is 9.09. The third-order valence-corrected chi connectivity index (χ3v) is 33.6. The summed E-state index contributed by atoms with van der Waals surface area (Å²) in [6.07, 6.45) is 3.72. The summed E-state index contributed by atoms with van der Waals surface area (Å²) in [5, 5.41) is 1.63. The van der Waals surface area contributed by atoms with E-state index in [1.54, 1.807) is 5.35 Å². The largest absolute Gasteiger partial charge is 0.552 e. The summed E-state index contributed by atoms with van der Waals surface area (Å²) in [6.45, 7) is 29.8. The van der Waals surface area contributed by atoms with Gasteiger partial charge in [0.2, 0.25) is 8.32 Å². The number of rotatable bonds is 8. The van der Waals surface area contributed by atoms with Crippen LogP contribution in [0.5, 0.6) is 0 Å². The molecule has 0 bridgehead atoms. The molecule has 0 atom stereocenters. The Bertz CT molecular complexity index is 366. The van der Waals surface area contributed by atoms with Crippen LogP contribution in [0.3, 0.4) is 0 Å². The molecule has 0 saturated heterocycles. The van der Waals surface area contributed by atoms with Crippen molar-refractivity contribution in [1.82, 2.24) is 0 Å². The highest BCUT2D eigenvalue weighted by Crippen LogP contribution is 2.36. The molecule has 132 valence electrons. The Kier molecular flexibility index (Phi) is 7.80. The number of hydrogen-bond donors (Lipinski definition) is 0. The van der Waals surface area contributed by atoms with Crippen LogP contribution in [0.15, 0.2) is 0 Å². The van der Waals surface area contributed by atoms with E-state index in [9.17, 15) is 0 Å². The van der Waals surface area contributed by atoms with Crippen LogP contribution in [0.1, 0.15) is 40.0 Å². The summed E-state index contributed by atoms with van der Waals surface area (Å²) in [5.74, 6) is 0. The Morgan fingerprint density at radius 2 is 1.05 bits per heavy atom. The molecule has 0 aliphatic rings. The Morgan fingerprint density at radius 1 is 0.727 bits per heavy atom. The summed E-state index contributed by atoms with van der Waals surface area (Å²) < 4.78 is 6.96. The second-order valence-electron chi connectivity index (χ2n) is 9.76. The lowest BCUT2D eigenvalue weighted by molar-refractivity contribution is 0.321. The van der Waals surface area contributed by atoms with E-state index in [4.69, 9.17) is 4.43 Å². The van der Waals surface area contributed by atoms with Gasteiger partial charge in [0.15, 0.2) is 0 Å². The van der Waals surface area contributed by atoms with Crippen LogP contribution in [0.2, 0.25) is 58.9 Å². The van der Waals surface area contributed by atoms with Gasteiger partial charge in [-0.15, -0.1) is 0 Å². The van der Waals surface area contributed by atoms with E-state index in [1.807, 2.05) is 0 Å². The van der Waals surface area contributed by atoms with Crippen LogP contribution in [-0.4, -0.2) is 36.3 Å². The Hall–Kier alpha value is 0.538. The molecule has 0 heterocycles. The Morgan fingerprint density at radius 3 is 1.23 bits per heavy atom. The average Bonchev–Trinajstić information content (AvgIpc) is 2.26. The molecule has 0 rings (SSSR count). The Balaban J connectivity index is 6.64. The van der Waals surface area contributed by atoms with E-state index < -0.39 is 30.9 Å². The van der Waals surface area contributed by atoms with Crippen molar-refractivity contribution in [3.05, 3.63) is 0 Å². The van der Waals surface area contributed by atoms with Gasteiger partial charge < -0.3 is 4.43 Å². The molecule has 0 N–H and O–H groups in total. The Labute approximate surface area is 145 Å². The lowest BCUT2D eigenvalue weighted by atomic mass is 9.81. The summed E-state index contributed by atoms with van der Waals surface area (Å²) in [7, 11) is -4.54. The van der Waals surface area contributed by atoms with Gasteiger partial charge in [-0.2, -0.15) is 0 Å². The van der Waals surface area contributed by atoms with Crippen molar-refractivity contribution in [3.63, 3.8) is 0 Å². The molecule has 1 nitrogen and oxygen atoms in total. The van der Waals surface area contributed by atoms with Crippen molar-refractivity contribution < 1.29 is 4.43 Å². The van der Waals surface area contributed by atoms with E-state index >= 15 is 0 Å². The minimum absolute atomic E-state index is 0.329. The zero-order valence-corrected chi connectivity index (χ0v) is 21.5.